The maximum absolute atomic E-state index is 11.9. The molecule has 0 unspecified atom stereocenters. The number of sulfonamides is 1. The molecular formula is C22H19N3O4S2. The normalized spacial score (nSPS) is 16.8. The number of aliphatic imine (C=N–C) groups is 1. The summed E-state index contributed by atoms with van der Waals surface area (Å²) in [5, 5.41) is 7.68. The topological polar surface area (TPSA) is 115 Å². The Morgan fingerprint density at radius 3 is 2.45 bits per heavy atom. The number of amidine groups is 1. The van der Waals surface area contributed by atoms with Crippen LogP contribution in [-0.2, 0) is 10.0 Å². The van der Waals surface area contributed by atoms with Crippen LogP contribution in [0.15, 0.2) is 73.8 Å². The molecule has 0 saturated carbocycles. The highest BCUT2D eigenvalue weighted by atomic mass is 32.2. The lowest BCUT2D eigenvalue weighted by molar-refractivity contribution is 0.265. The third-order valence-electron chi connectivity index (χ3n) is 4.76. The minimum atomic E-state index is -3.75. The number of nitrogens with zero attached hydrogens (tertiary/aromatic N) is 1. The molecule has 0 radical (unpaired) electrons. The molecule has 9 heteroatoms. The molecule has 2 heterocycles. The Morgan fingerprint density at radius 1 is 1.03 bits per heavy atom. The van der Waals surface area contributed by atoms with E-state index in [9.17, 15) is 13.2 Å². The summed E-state index contributed by atoms with van der Waals surface area (Å²) in [6.45, 7) is 4.04. The van der Waals surface area contributed by atoms with Crippen molar-refractivity contribution in [3.8, 4) is 11.3 Å². The van der Waals surface area contributed by atoms with Crippen LogP contribution in [0.25, 0.3) is 17.4 Å². The van der Waals surface area contributed by atoms with Gasteiger partial charge in [-0.25, -0.2) is 18.5 Å². The largest absolute Gasteiger partial charge is 0.457 e. The summed E-state index contributed by atoms with van der Waals surface area (Å²) >= 11 is 1.04. The average Bonchev–Trinajstić information content (AvgIpc) is 3.31. The first-order valence-electron chi connectivity index (χ1n) is 9.29. The molecule has 1 aromatic heterocycles. The summed E-state index contributed by atoms with van der Waals surface area (Å²) in [6, 6.07) is 15.5. The molecule has 1 amide bonds. The summed E-state index contributed by atoms with van der Waals surface area (Å²) in [5.41, 5.74) is 3.74. The fourth-order valence-corrected chi connectivity index (χ4v) is 4.19. The predicted molar refractivity (Wildman–Crippen MR) is 123 cm³/mol. The zero-order valence-electron chi connectivity index (χ0n) is 16.7. The van der Waals surface area contributed by atoms with Crippen LogP contribution in [0.4, 0.5) is 10.5 Å². The smallest absolute Gasteiger partial charge is 0.289 e. The number of carbonyl (C=O) groups excluding carboxylic acids is 1. The number of thioether (sulfide) groups is 1. The molecule has 1 aliphatic rings. The summed E-state index contributed by atoms with van der Waals surface area (Å²) in [5.74, 6) is 1.56. The Morgan fingerprint density at radius 2 is 1.77 bits per heavy atom. The van der Waals surface area contributed by atoms with Gasteiger partial charge in [-0.15, -0.1) is 0 Å². The number of furan rings is 1. The lowest BCUT2D eigenvalue weighted by Gasteiger charge is -2.03. The first-order chi connectivity index (χ1) is 14.7. The molecule has 0 bridgehead atoms. The van der Waals surface area contributed by atoms with Crippen molar-refractivity contribution >= 4 is 44.6 Å². The van der Waals surface area contributed by atoms with Gasteiger partial charge in [-0.1, -0.05) is 6.07 Å². The van der Waals surface area contributed by atoms with E-state index >= 15 is 0 Å². The first kappa shape index (κ1) is 21.1. The van der Waals surface area contributed by atoms with Crippen molar-refractivity contribution in [3.05, 3.63) is 76.4 Å². The summed E-state index contributed by atoms with van der Waals surface area (Å²) in [6.07, 6.45) is 1.74. The van der Waals surface area contributed by atoms with Gasteiger partial charge in [-0.3, -0.25) is 4.79 Å². The number of carbonyl (C=O) groups is 1. The van der Waals surface area contributed by atoms with Crippen LogP contribution >= 0.6 is 11.8 Å². The maximum Gasteiger partial charge on any atom is 0.289 e. The van der Waals surface area contributed by atoms with Crippen LogP contribution in [0.1, 0.15) is 16.9 Å². The minimum Gasteiger partial charge on any atom is -0.457 e. The molecule has 4 rings (SSSR count). The third kappa shape index (κ3) is 4.79. The van der Waals surface area contributed by atoms with E-state index in [1.54, 1.807) is 30.3 Å². The van der Waals surface area contributed by atoms with Gasteiger partial charge in [-0.2, -0.15) is 0 Å². The maximum atomic E-state index is 11.9. The molecule has 3 N–H and O–H groups in total. The van der Waals surface area contributed by atoms with Crippen LogP contribution < -0.4 is 10.5 Å². The molecule has 1 saturated heterocycles. The Kier molecular flexibility index (Phi) is 5.57. The summed E-state index contributed by atoms with van der Waals surface area (Å²) < 4.78 is 28.7. The second-order valence-electron chi connectivity index (χ2n) is 7.02. The van der Waals surface area contributed by atoms with Crippen molar-refractivity contribution in [1.82, 2.24) is 5.32 Å². The quantitative estimate of drug-likeness (QED) is 0.592. The van der Waals surface area contributed by atoms with Gasteiger partial charge in [0, 0.05) is 5.56 Å². The van der Waals surface area contributed by atoms with Gasteiger partial charge in [0.2, 0.25) is 10.0 Å². The average molecular weight is 454 g/mol. The van der Waals surface area contributed by atoms with E-state index in [-0.39, 0.29) is 10.1 Å². The second-order valence-corrected chi connectivity index (χ2v) is 9.60. The minimum absolute atomic E-state index is 0.0317. The van der Waals surface area contributed by atoms with Crippen LogP contribution in [0.2, 0.25) is 0 Å². The Hall–Kier alpha value is -3.14. The number of hydrogen-bond donors (Lipinski definition) is 2. The van der Waals surface area contributed by atoms with E-state index in [2.05, 4.69) is 10.3 Å². The highest BCUT2D eigenvalue weighted by Gasteiger charge is 2.24. The molecular weight excluding hydrogens is 434 g/mol. The van der Waals surface area contributed by atoms with Crippen LogP contribution in [0, 0.1) is 13.8 Å². The third-order valence-corrected chi connectivity index (χ3v) is 6.50. The fraction of sp³-hybridized carbons (Fsp3) is 0.0909. The summed E-state index contributed by atoms with van der Waals surface area (Å²) in [4.78, 5) is 17.2. The summed E-state index contributed by atoms with van der Waals surface area (Å²) in [7, 11) is -3.75. The molecule has 158 valence electrons. The Labute approximate surface area is 184 Å². The number of amides is 1. The number of nitrogens with one attached hydrogen (secondary N) is 1. The monoisotopic (exact) mass is 453 g/mol. The van der Waals surface area contributed by atoms with Gasteiger partial charge < -0.3 is 9.73 Å². The van der Waals surface area contributed by atoms with Gasteiger partial charge in [0.25, 0.3) is 5.24 Å². The molecule has 0 aliphatic carbocycles. The van der Waals surface area contributed by atoms with E-state index in [4.69, 9.17) is 9.56 Å². The van der Waals surface area contributed by atoms with Gasteiger partial charge in [-0.05, 0) is 91.3 Å². The number of hydrogen-bond acceptors (Lipinski definition) is 6. The molecule has 0 atom stereocenters. The highest BCUT2D eigenvalue weighted by Crippen LogP contribution is 2.31. The van der Waals surface area contributed by atoms with Crippen LogP contribution in [-0.4, -0.2) is 19.5 Å². The zero-order valence-corrected chi connectivity index (χ0v) is 18.4. The standard InChI is InChI=1S/C22H19N3O4S2/c1-13-3-6-16(11-14(13)2)24-21-20(30-22(26)25-21)12-17-7-10-19(29-17)15-4-8-18(9-5-15)31(23,27)28/h3-12H,1-2H3,(H2,23,27,28)(H,24,25,26)/b20-12-. The highest BCUT2D eigenvalue weighted by molar-refractivity contribution is 8.18. The lowest BCUT2D eigenvalue weighted by atomic mass is 10.1. The van der Waals surface area contributed by atoms with Gasteiger partial charge in [0.05, 0.1) is 15.5 Å². The van der Waals surface area contributed by atoms with E-state index < -0.39 is 10.0 Å². The number of rotatable bonds is 4. The SMILES string of the molecule is Cc1ccc(N=C2NC(=O)S/C2=C\c2ccc(-c3ccc(S(N)(=O)=O)cc3)o2)cc1C. The number of primary sulfonamides is 1. The van der Waals surface area contributed by atoms with Gasteiger partial charge in [0.15, 0.2) is 0 Å². The van der Waals surface area contributed by atoms with Crippen molar-refractivity contribution in [2.75, 3.05) is 0 Å². The first-order valence-corrected chi connectivity index (χ1v) is 11.7. The van der Waals surface area contributed by atoms with Crippen molar-refractivity contribution < 1.29 is 17.6 Å². The Bertz CT molecular complexity index is 1340. The predicted octanol–water partition coefficient (Wildman–Crippen LogP) is 4.74. The molecule has 1 aliphatic heterocycles. The molecule has 1 fully saturated rings. The van der Waals surface area contributed by atoms with E-state index in [1.165, 1.54) is 17.7 Å². The zero-order chi connectivity index (χ0) is 22.2. The molecule has 3 aromatic rings. The van der Waals surface area contributed by atoms with Crippen molar-refractivity contribution in [2.45, 2.75) is 18.7 Å². The van der Waals surface area contributed by atoms with Crippen molar-refractivity contribution in [1.29, 1.82) is 0 Å². The number of nitrogens with two attached hydrogens (primary N) is 1. The van der Waals surface area contributed by atoms with Crippen LogP contribution in [0.5, 0.6) is 0 Å². The lowest BCUT2D eigenvalue weighted by Crippen LogP contribution is -2.18. The van der Waals surface area contributed by atoms with Crippen molar-refractivity contribution in [3.63, 3.8) is 0 Å². The van der Waals surface area contributed by atoms with Crippen LogP contribution in [0.3, 0.4) is 0 Å². The van der Waals surface area contributed by atoms with Gasteiger partial charge in [0.1, 0.15) is 17.4 Å². The van der Waals surface area contributed by atoms with Gasteiger partial charge >= 0.3 is 0 Å². The molecule has 2 aromatic carbocycles. The number of aryl methyl sites for hydroxylation is 2. The molecule has 31 heavy (non-hydrogen) atoms. The van der Waals surface area contributed by atoms with Crippen molar-refractivity contribution in [2.24, 2.45) is 10.1 Å². The van der Waals surface area contributed by atoms with E-state index in [1.807, 2.05) is 32.0 Å². The van der Waals surface area contributed by atoms with E-state index in [0.29, 0.717) is 27.8 Å². The molecule has 0 spiro atoms. The number of benzene rings is 2. The van der Waals surface area contributed by atoms with E-state index in [0.717, 1.165) is 23.0 Å². The second kappa shape index (κ2) is 8.18. The fourth-order valence-electron chi connectivity index (χ4n) is 2.96. The molecule has 7 nitrogen and oxygen atoms in total. The Balaban J connectivity index is 1.62.